The van der Waals surface area contributed by atoms with Crippen molar-refractivity contribution < 1.29 is 24.2 Å². The number of aryl methyl sites for hydroxylation is 1. The van der Waals surface area contributed by atoms with Gasteiger partial charge >= 0.3 is 5.97 Å². The van der Waals surface area contributed by atoms with E-state index >= 15 is 0 Å². The van der Waals surface area contributed by atoms with Crippen LogP contribution in [0.5, 0.6) is 11.5 Å². The molecule has 1 aromatic heterocycles. The average Bonchev–Trinajstić information content (AvgIpc) is 3.19. The molecule has 2 heterocycles. The number of fused-ring (bicyclic) bond motifs is 1. The molecule has 1 saturated heterocycles. The summed E-state index contributed by atoms with van der Waals surface area (Å²) in [7, 11) is 3.00. The fourth-order valence-corrected chi connectivity index (χ4v) is 3.51. The van der Waals surface area contributed by atoms with Gasteiger partial charge in [0, 0.05) is 25.6 Å². The molecule has 2 aromatic rings. The summed E-state index contributed by atoms with van der Waals surface area (Å²) in [5.41, 5.74) is 0.263. The first-order valence-corrected chi connectivity index (χ1v) is 9.09. The van der Waals surface area contributed by atoms with Gasteiger partial charge < -0.3 is 19.5 Å². The lowest BCUT2D eigenvalue weighted by Crippen LogP contribution is -2.40. The first-order valence-electron chi connectivity index (χ1n) is 9.09. The van der Waals surface area contributed by atoms with Crippen LogP contribution in [0, 0.1) is 0 Å². The van der Waals surface area contributed by atoms with Crippen LogP contribution in [0.1, 0.15) is 25.7 Å². The summed E-state index contributed by atoms with van der Waals surface area (Å²) < 4.78 is 11.9. The van der Waals surface area contributed by atoms with Gasteiger partial charge in [0.05, 0.1) is 31.4 Å². The van der Waals surface area contributed by atoms with E-state index in [4.69, 9.17) is 9.47 Å². The maximum atomic E-state index is 12.7. The zero-order chi connectivity index (χ0) is 20.3. The Balaban J connectivity index is 1.71. The number of hydrogen-bond acceptors (Lipinski definition) is 6. The summed E-state index contributed by atoms with van der Waals surface area (Å²) in [5.74, 6) is -0.234. The van der Waals surface area contributed by atoms with Gasteiger partial charge in [-0.25, -0.2) is 9.78 Å². The van der Waals surface area contributed by atoms with Crippen molar-refractivity contribution in [2.24, 2.45) is 0 Å². The Bertz CT molecular complexity index is 955. The van der Waals surface area contributed by atoms with Gasteiger partial charge in [-0.1, -0.05) is 0 Å². The molecule has 28 heavy (non-hydrogen) atoms. The summed E-state index contributed by atoms with van der Waals surface area (Å²) in [4.78, 5) is 42.0. The molecule has 9 heteroatoms. The highest BCUT2D eigenvalue weighted by molar-refractivity contribution is 5.84. The first kappa shape index (κ1) is 19.7. The van der Waals surface area contributed by atoms with Gasteiger partial charge in [0.25, 0.3) is 5.56 Å². The van der Waals surface area contributed by atoms with E-state index in [1.165, 1.54) is 30.0 Å². The monoisotopic (exact) mass is 389 g/mol. The van der Waals surface area contributed by atoms with Gasteiger partial charge in [0.2, 0.25) is 5.91 Å². The maximum Gasteiger partial charge on any atom is 0.326 e. The Morgan fingerprint density at radius 2 is 1.96 bits per heavy atom. The Hall–Kier alpha value is -3.10. The molecule has 0 spiro atoms. The number of carboxylic acid groups (broad SMARTS) is 1. The van der Waals surface area contributed by atoms with Gasteiger partial charge in [-0.2, -0.15) is 0 Å². The molecular formula is C19H23N3O6. The number of nitrogens with zero attached hydrogens (tertiary/aromatic N) is 3. The number of aromatic nitrogens is 2. The van der Waals surface area contributed by atoms with Crippen LogP contribution in [0.25, 0.3) is 10.9 Å². The van der Waals surface area contributed by atoms with E-state index in [0.717, 1.165) is 0 Å². The van der Waals surface area contributed by atoms with Crippen LogP contribution in [0.2, 0.25) is 0 Å². The molecule has 3 rings (SSSR count). The summed E-state index contributed by atoms with van der Waals surface area (Å²) in [6.07, 6.45) is 3.22. The predicted molar refractivity (Wildman–Crippen MR) is 101 cm³/mol. The highest BCUT2D eigenvalue weighted by Gasteiger charge is 2.33. The van der Waals surface area contributed by atoms with Crippen molar-refractivity contribution >= 4 is 22.8 Å². The molecule has 0 bridgehead atoms. The second kappa shape index (κ2) is 8.28. The van der Waals surface area contributed by atoms with Gasteiger partial charge in [-0.3, -0.25) is 14.2 Å². The zero-order valence-electron chi connectivity index (χ0n) is 15.9. The van der Waals surface area contributed by atoms with Crippen LogP contribution in [-0.2, 0) is 16.1 Å². The average molecular weight is 389 g/mol. The number of methoxy groups -OCH3 is 2. The summed E-state index contributed by atoms with van der Waals surface area (Å²) in [6.45, 7) is 0.780. The van der Waals surface area contributed by atoms with Crippen molar-refractivity contribution in [1.82, 2.24) is 14.5 Å². The van der Waals surface area contributed by atoms with Gasteiger partial charge in [-0.05, 0) is 25.3 Å². The third-order valence-corrected chi connectivity index (χ3v) is 4.98. The number of likely N-dealkylation sites (tertiary alicyclic amines) is 1. The molecule has 1 N–H and O–H groups in total. The molecule has 0 aliphatic carbocycles. The molecule has 1 atom stereocenters. The first-order chi connectivity index (χ1) is 13.5. The number of benzene rings is 1. The molecule has 0 radical (unpaired) electrons. The van der Waals surface area contributed by atoms with E-state index in [2.05, 4.69) is 4.98 Å². The molecule has 0 saturated carbocycles. The van der Waals surface area contributed by atoms with E-state index in [-0.39, 0.29) is 17.9 Å². The standard InChI is InChI=1S/C19H23N3O6/c1-27-15-9-12-13(10-16(15)28-2)20-11-21(18(12)24)7-4-6-17(23)22-8-3-5-14(22)19(25)26/h9-11,14H,3-8H2,1-2H3,(H,25,26)/t14-/m1/s1. The van der Waals surface area contributed by atoms with Crippen LogP contribution in [-0.4, -0.2) is 58.2 Å². The molecule has 0 unspecified atom stereocenters. The summed E-state index contributed by atoms with van der Waals surface area (Å²) >= 11 is 0. The number of amides is 1. The minimum atomic E-state index is -0.967. The molecule has 1 amide bonds. The number of carbonyl (C=O) groups excluding carboxylic acids is 1. The summed E-state index contributed by atoms with van der Waals surface area (Å²) in [5, 5.41) is 9.59. The topological polar surface area (TPSA) is 111 Å². The van der Waals surface area contributed by atoms with Crippen molar-refractivity contribution in [3.05, 3.63) is 28.8 Å². The number of carboxylic acids is 1. The minimum Gasteiger partial charge on any atom is -0.493 e. The second-order valence-corrected chi connectivity index (χ2v) is 6.65. The van der Waals surface area contributed by atoms with E-state index < -0.39 is 12.0 Å². The van der Waals surface area contributed by atoms with Gasteiger partial charge in [0.1, 0.15) is 6.04 Å². The smallest absolute Gasteiger partial charge is 0.326 e. The molecule has 9 nitrogen and oxygen atoms in total. The predicted octanol–water partition coefficient (Wildman–Crippen LogP) is 1.27. The minimum absolute atomic E-state index is 0.181. The number of hydrogen-bond donors (Lipinski definition) is 1. The molecule has 1 aliphatic heterocycles. The number of ether oxygens (including phenoxy) is 2. The molecule has 150 valence electrons. The Morgan fingerprint density at radius 1 is 1.25 bits per heavy atom. The third kappa shape index (κ3) is 3.78. The van der Waals surface area contributed by atoms with Crippen molar-refractivity contribution in [2.45, 2.75) is 38.3 Å². The lowest BCUT2D eigenvalue weighted by molar-refractivity contribution is -0.148. The SMILES string of the molecule is COc1cc2ncn(CCCC(=O)N3CCC[C@@H]3C(=O)O)c(=O)c2cc1OC. The van der Waals surface area contributed by atoms with Crippen LogP contribution >= 0.6 is 0 Å². The lowest BCUT2D eigenvalue weighted by Gasteiger charge is -2.21. The van der Waals surface area contributed by atoms with Crippen LogP contribution in [0.3, 0.4) is 0 Å². The summed E-state index contributed by atoms with van der Waals surface area (Å²) in [6, 6.07) is 2.50. The lowest BCUT2D eigenvalue weighted by atomic mass is 10.2. The molecule has 1 aromatic carbocycles. The highest BCUT2D eigenvalue weighted by Crippen LogP contribution is 2.29. The molecule has 1 fully saturated rings. The van der Waals surface area contributed by atoms with Gasteiger partial charge in [-0.15, -0.1) is 0 Å². The third-order valence-electron chi connectivity index (χ3n) is 4.98. The number of rotatable bonds is 7. The van der Waals surface area contributed by atoms with E-state index in [1.807, 2.05) is 0 Å². The van der Waals surface area contributed by atoms with Crippen LogP contribution in [0.15, 0.2) is 23.3 Å². The quantitative estimate of drug-likeness (QED) is 0.759. The molecule has 1 aliphatic rings. The van der Waals surface area contributed by atoms with E-state index in [0.29, 0.717) is 54.8 Å². The fraction of sp³-hybridized carbons (Fsp3) is 0.474. The van der Waals surface area contributed by atoms with Crippen molar-refractivity contribution in [2.75, 3.05) is 20.8 Å². The van der Waals surface area contributed by atoms with Crippen LogP contribution < -0.4 is 15.0 Å². The van der Waals surface area contributed by atoms with E-state index in [1.54, 1.807) is 12.1 Å². The Labute approximate surface area is 161 Å². The van der Waals surface area contributed by atoms with Gasteiger partial charge in [0.15, 0.2) is 11.5 Å². The Morgan fingerprint density at radius 3 is 2.64 bits per heavy atom. The maximum absolute atomic E-state index is 12.7. The zero-order valence-corrected chi connectivity index (χ0v) is 15.9. The second-order valence-electron chi connectivity index (χ2n) is 6.65. The fourth-order valence-electron chi connectivity index (χ4n) is 3.51. The highest BCUT2D eigenvalue weighted by atomic mass is 16.5. The Kier molecular flexibility index (Phi) is 5.81. The van der Waals surface area contributed by atoms with Crippen LogP contribution in [0.4, 0.5) is 0 Å². The number of carbonyl (C=O) groups is 2. The van der Waals surface area contributed by atoms with Crippen molar-refractivity contribution in [3.63, 3.8) is 0 Å². The van der Waals surface area contributed by atoms with Crippen molar-refractivity contribution in [3.8, 4) is 11.5 Å². The normalized spacial score (nSPS) is 16.4. The molecular weight excluding hydrogens is 366 g/mol. The van der Waals surface area contributed by atoms with Crippen molar-refractivity contribution in [1.29, 1.82) is 0 Å². The number of aliphatic carboxylic acids is 1. The van der Waals surface area contributed by atoms with E-state index in [9.17, 15) is 19.5 Å². The largest absolute Gasteiger partial charge is 0.493 e.